The summed E-state index contributed by atoms with van der Waals surface area (Å²) in [4.78, 5) is 18.5. The van der Waals surface area contributed by atoms with Gasteiger partial charge in [-0.05, 0) is 31.0 Å². The minimum Gasteiger partial charge on any atom is -0.337 e. The Labute approximate surface area is 127 Å². The van der Waals surface area contributed by atoms with E-state index < -0.39 is 5.82 Å². The van der Waals surface area contributed by atoms with Crippen molar-refractivity contribution in [2.45, 2.75) is 25.4 Å². The van der Waals surface area contributed by atoms with Crippen molar-refractivity contribution in [2.24, 2.45) is 7.05 Å². The highest BCUT2D eigenvalue weighted by Gasteiger charge is 2.34. The molecule has 1 aliphatic rings. The van der Waals surface area contributed by atoms with E-state index in [0.29, 0.717) is 6.54 Å². The number of benzene rings is 1. The molecule has 6 heteroatoms. The van der Waals surface area contributed by atoms with Crippen LogP contribution in [0.25, 0.3) is 0 Å². The lowest BCUT2D eigenvalue weighted by molar-refractivity contribution is 0.0719. The van der Waals surface area contributed by atoms with E-state index in [1.807, 2.05) is 17.8 Å². The minimum atomic E-state index is -0.585. The van der Waals surface area contributed by atoms with Crippen molar-refractivity contribution in [2.75, 3.05) is 0 Å². The van der Waals surface area contributed by atoms with Gasteiger partial charge in [0.15, 0.2) is 0 Å². The highest BCUT2D eigenvalue weighted by atomic mass is 35.5. The Morgan fingerprint density at radius 2 is 2.29 bits per heavy atom. The number of nitrogens with zero attached hydrogens (tertiary/aromatic N) is 3. The number of hydrogen-bond acceptors (Lipinski definition) is 2. The van der Waals surface area contributed by atoms with Crippen molar-refractivity contribution < 1.29 is 9.18 Å². The third-order valence-electron chi connectivity index (χ3n) is 3.64. The number of aryl methyl sites for hydroxylation is 1. The topological polar surface area (TPSA) is 38.1 Å². The Morgan fingerprint density at radius 1 is 1.52 bits per heavy atom. The van der Waals surface area contributed by atoms with E-state index in [2.05, 4.69) is 4.98 Å². The summed E-state index contributed by atoms with van der Waals surface area (Å²) in [6, 6.07) is 4.31. The van der Waals surface area contributed by atoms with E-state index >= 15 is 0 Å². The van der Waals surface area contributed by atoms with Gasteiger partial charge in [0.1, 0.15) is 11.6 Å². The van der Waals surface area contributed by atoms with Gasteiger partial charge in [-0.3, -0.25) is 4.79 Å². The Bertz CT molecular complexity index is 681. The lowest BCUT2D eigenvalue weighted by Crippen LogP contribution is -2.34. The van der Waals surface area contributed by atoms with E-state index in [0.717, 1.165) is 18.7 Å². The first-order chi connectivity index (χ1) is 10.1. The molecule has 1 amide bonds. The molecule has 1 aromatic carbocycles. The van der Waals surface area contributed by atoms with Crippen LogP contribution in [0.3, 0.4) is 0 Å². The molecule has 4 nitrogen and oxygen atoms in total. The summed E-state index contributed by atoms with van der Waals surface area (Å²) >= 11 is 5.73. The predicted molar refractivity (Wildman–Crippen MR) is 77.5 cm³/mol. The molecule has 2 aromatic rings. The summed E-state index contributed by atoms with van der Waals surface area (Å²) in [7, 11) is 1.88. The second kappa shape index (κ2) is 5.48. The van der Waals surface area contributed by atoms with Crippen LogP contribution < -0.4 is 0 Å². The Balaban J connectivity index is 1.87. The third-order valence-corrected chi connectivity index (χ3v) is 3.88. The van der Waals surface area contributed by atoms with Crippen molar-refractivity contribution in [3.63, 3.8) is 0 Å². The van der Waals surface area contributed by atoms with Crippen molar-refractivity contribution in [1.82, 2.24) is 14.5 Å². The van der Waals surface area contributed by atoms with E-state index in [1.165, 1.54) is 18.2 Å². The molecule has 1 aliphatic carbocycles. The quantitative estimate of drug-likeness (QED) is 0.871. The van der Waals surface area contributed by atoms with Crippen molar-refractivity contribution >= 4 is 17.5 Å². The maximum absolute atomic E-state index is 14.0. The number of carbonyl (C=O) groups excluding carboxylic acids is 1. The molecule has 1 aromatic heterocycles. The zero-order chi connectivity index (χ0) is 15.0. The number of rotatable bonds is 4. The molecule has 3 rings (SSSR count). The summed E-state index contributed by atoms with van der Waals surface area (Å²) in [6.45, 7) is 0.384. The molecule has 1 saturated carbocycles. The molecule has 21 heavy (non-hydrogen) atoms. The Hall–Kier alpha value is -1.88. The van der Waals surface area contributed by atoms with Crippen LogP contribution in [0.4, 0.5) is 4.39 Å². The Kier molecular flexibility index (Phi) is 3.68. The van der Waals surface area contributed by atoms with Gasteiger partial charge >= 0.3 is 0 Å². The lowest BCUT2D eigenvalue weighted by atomic mass is 10.2. The van der Waals surface area contributed by atoms with Crippen molar-refractivity contribution in [1.29, 1.82) is 0 Å². The molecule has 110 valence electrons. The number of aromatic nitrogens is 2. The average molecular weight is 308 g/mol. The van der Waals surface area contributed by atoms with Crippen molar-refractivity contribution in [3.8, 4) is 0 Å². The fourth-order valence-corrected chi connectivity index (χ4v) is 2.43. The smallest absolute Gasteiger partial charge is 0.257 e. The van der Waals surface area contributed by atoms with Gasteiger partial charge in [0.05, 0.1) is 12.1 Å². The minimum absolute atomic E-state index is 0.0560. The van der Waals surface area contributed by atoms with E-state index in [-0.39, 0.29) is 22.5 Å². The highest BCUT2D eigenvalue weighted by Crippen LogP contribution is 2.30. The maximum atomic E-state index is 14.0. The first-order valence-electron chi connectivity index (χ1n) is 6.78. The predicted octanol–water partition coefficient (Wildman–Crippen LogP) is 3.02. The van der Waals surface area contributed by atoms with Crippen LogP contribution in [-0.4, -0.2) is 26.4 Å². The molecule has 0 atom stereocenters. The second-order valence-corrected chi connectivity index (χ2v) is 5.68. The molecular weight excluding hydrogens is 293 g/mol. The average Bonchev–Trinajstić information content (AvgIpc) is 3.19. The first-order valence-corrected chi connectivity index (χ1v) is 7.16. The fourth-order valence-electron chi connectivity index (χ4n) is 2.27. The molecular formula is C15H15ClFN3O. The molecule has 0 saturated heterocycles. The van der Waals surface area contributed by atoms with E-state index in [1.54, 1.807) is 11.1 Å². The summed E-state index contributed by atoms with van der Waals surface area (Å²) in [5.41, 5.74) is 0.0560. The van der Waals surface area contributed by atoms with E-state index in [9.17, 15) is 9.18 Å². The van der Waals surface area contributed by atoms with Gasteiger partial charge < -0.3 is 9.47 Å². The van der Waals surface area contributed by atoms with Gasteiger partial charge in [0.2, 0.25) is 0 Å². The zero-order valence-electron chi connectivity index (χ0n) is 11.6. The standard InChI is InChI=1S/C15H15ClFN3O/c1-19-7-6-18-14(19)9-20(11-3-4-11)15(21)12-5-2-10(16)8-13(12)17/h2,5-8,11H,3-4,9H2,1H3. The zero-order valence-corrected chi connectivity index (χ0v) is 12.3. The van der Waals surface area contributed by atoms with Gasteiger partial charge in [-0.25, -0.2) is 9.37 Å². The molecule has 1 fully saturated rings. The fraction of sp³-hybridized carbons (Fsp3) is 0.333. The van der Waals surface area contributed by atoms with Crippen LogP contribution in [0.5, 0.6) is 0 Å². The van der Waals surface area contributed by atoms with Gasteiger partial charge in [0, 0.05) is 30.5 Å². The maximum Gasteiger partial charge on any atom is 0.257 e. The van der Waals surface area contributed by atoms with Crippen LogP contribution in [0.2, 0.25) is 5.02 Å². The summed E-state index contributed by atoms with van der Waals surface area (Å²) in [6.07, 6.45) is 5.41. The van der Waals surface area contributed by atoms with Crippen LogP contribution >= 0.6 is 11.6 Å². The lowest BCUT2D eigenvalue weighted by Gasteiger charge is -2.22. The Morgan fingerprint density at radius 3 is 2.86 bits per heavy atom. The molecule has 0 N–H and O–H groups in total. The van der Waals surface area contributed by atoms with Crippen molar-refractivity contribution in [3.05, 3.63) is 52.8 Å². The number of hydrogen-bond donors (Lipinski definition) is 0. The summed E-state index contributed by atoms with van der Waals surface area (Å²) in [5.74, 6) is -0.114. The molecule has 0 radical (unpaired) electrons. The molecule has 0 bridgehead atoms. The third kappa shape index (κ3) is 2.93. The number of imidazole rings is 1. The van der Waals surface area contributed by atoms with Crippen LogP contribution in [0, 0.1) is 5.82 Å². The van der Waals surface area contributed by atoms with Crippen LogP contribution in [0.1, 0.15) is 29.0 Å². The van der Waals surface area contributed by atoms with Gasteiger partial charge in [-0.1, -0.05) is 11.6 Å². The molecule has 0 unspecified atom stereocenters. The molecule has 0 aliphatic heterocycles. The van der Waals surface area contributed by atoms with Gasteiger partial charge in [-0.2, -0.15) is 0 Å². The summed E-state index contributed by atoms with van der Waals surface area (Å²) < 4.78 is 15.8. The first kappa shape index (κ1) is 14.1. The highest BCUT2D eigenvalue weighted by molar-refractivity contribution is 6.30. The largest absolute Gasteiger partial charge is 0.337 e. The number of amides is 1. The monoisotopic (exact) mass is 307 g/mol. The number of halogens is 2. The normalized spacial score (nSPS) is 14.2. The second-order valence-electron chi connectivity index (χ2n) is 5.24. The van der Waals surface area contributed by atoms with E-state index in [4.69, 9.17) is 11.6 Å². The van der Waals surface area contributed by atoms with Gasteiger partial charge in [0.25, 0.3) is 5.91 Å². The number of carbonyl (C=O) groups is 1. The summed E-state index contributed by atoms with van der Waals surface area (Å²) in [5, 5.41) is 0.283. The SMILES string of the molecule is Cn1ccnc1CN(C(=O)c1ccc(Cl)cc1F)C1CC1. The van der Waals surface area contributed by atoms with Gasteiger partial charge in [-0.15, -0.1) is 0 Å². The molecule has 1 heterocycles. The van der Waals surface area contributed by atoms with Crippen LogP contribution in [0.15, 0.2) is 30.6 Å². The molecule has 0 spiro atoms. The van der Waals surface area contributed by atoms with Crippen LogP contribution in [-0.2, 0) is 13.6 Å².